The summed E-state index contributed by atoms with van der Waals surface area (Å²) in [5.41, 5.74) is 1.24. The molecule has 1 aromatic carbocycles. The van der Waals surface area contributed by atoms with Gasteiger partial charge in [-0.3, -0.25) is 14.8 Å². The molecule has 0 saturated carbocycles. The fraction of sp³-hybridized carbons (Fsp3) is 0.708. The van der Waals surface area contributed by atoms with Crippen LogP contribution in [0.15, 0.2) is 29.3 Å². The zero-order valence-electron chi connectivity index (χ0n) is 20.2. The predicted octanol–water partition coefficient (Wildman–Crippen LogP) is 2.64. The summed E-state index contributed by atoms with van der Waals surface area (Å²) in [4.78, 5) is 12.6. The molecular formula is C24H43IN6O. The Kier molecular flexibility index (Phi) is 12.7. The predicted molar refractivity (Wildman–Crippen MR) is 144 cm³/mol. The lowest BCUT2D eigenvalue weighted by atomic mass is 10.0. The molecule has 0 radical (unpaired) electrons. The van der Waals surface area contributed by atoms with Gasteiger partial charge in [-0.25, -0.2) is 0 Å². The Morgan fingerprint density at radius 2 is 1.69 bits per heavy atom. The number of benzene rings is 1. The van der Waals surface area contributed by atoms with E-state index in [1.807, 2.05) is 6.07 Å². The summed E-state index contributed by atoms with van der Waals surface area (Å²) in [6, 6.07) is 8.64. The summed E-state index contributed by atoms with van der Waals surface area (Å²) < 4.78 is 5.67. The largest absolute Gasteiger partial charge is 0.496 e. The molecule has 1 atom stereocenters. The van der Waals surface area contributed by atoms with Crippen molar-refractivity contribution < 1.29 is 4.74 Å². The van der Waals surface area contributed by atoms with Gasteiger partial charge in [0, 0.05) is 51.4 Å². The molecule has 8 heteroatoms. The van der Waals surface area contributed by atoms with Crippen molar-refractivity contribution in [2.75, 3.05) is 79.1 Å². The average molecular weight is 559 g/mol. The number of nitrogens with zero attached hydrogens (tertiary/aromatic N) is 4. The molecule has 2 heterocycles. The molecule has 2 aliphatic heterocycles. The average Bonchev–Trinajstić information content (AvgIpc) is 3.34. The quantitative estimate of drug-likeness (QED) is 0.262. The van der Waals surface area contributed by atoms with E-state index in [0.29, 0.717) is 0 Å². The first-order chi connectivity index (χ1) is 15.2. The zero-order chi connectivity index (χ0) is 21.9. The molecular weight excluding hydrogens is 515 g/mol. The van der Waals surface area contributed by atoms with Crippen molar-refractivity contribution in [2.24, 2.45) is 4.99 Å². The van der Waals surface area contributed by atoms with Crippen LogP contribution in [0.25, 0.3) is 0 Å². The second-order valence-electron chi connectivity index (χ2n) is 8.42. The van der Waals surface area contributed by atoms with E-state index in [4.69, 9.17) is 9.73 Å². The van der Waals surface area contributed by atoms with E-state index >= 15 is 0 Å². The Hall–Kier alpha value is -1.10. The Labute approximate surface area is 212 Å². The van der Waals surface area contributed by atoms with Crippen LogP contribution in [0.4, 0.5) is 0 Å². The molecule has 2 N–H and O–H groups in total. The van der Waals surface area contributed by atoms with Crippen LogP contribution in [0.2, 0.25) is 0 Å². The van der Waals surface area contributed by atoms with Crippen LogP contribution in [-0.2, 0) is 0 Å². The highest BCUT2D eigenvalue weighted by atomic mass is 127. The van der Waals surface area contributed by atoms with E-state index in [2.05, 4.69) is 57.4 Å². The number of ether oxygens (including phenoxy) is 1. The van der Waals surface area contributed by atoms with Gasteiger partial charge < -0.3 is 20.3 Å². The maximum atomic E-state index is 5.67. The Morgan fingerprint density at radius 3 is 2.34 bits per heavy atom. The summed E-state index contributed by atoms with van der Waals surface area (Å²) in [5, 5.41) is 6.98. The minimum Gasteiger partial charge on any atom is -0.496 e. The molecule has 32 heavy (non-hydrogen) atoms. The summed E-state index contributed by atoms with van der Waals surface area (Å²) in [6.07, 6.45) is 2.53. The number of aliphatic imine (C=N–C) groups is 1. The number of halogens is 1. The third-order valence-electron chi connectivity index (χ3n) is 6.48. The Bertz CT molecular complexity index is 674. The lowest BCUT2D eigenvalue weighted by Gasteiger charge is -2.34. The van der Waals surface area contributed by atoms with Gasteiger partial charge >= 0.3 is 0 Å². The maximum Gasteiger partial charge on any atom is 0.191 e. The van der Waals surface area contributed by atoms with Gasteiger partial charge in [0.05, 0.1) is 19.7 Å². The monoisotopic (exact) mass is 558 g/mol. The summed E-state index contributed by atoms with van der Waals surface area (Å²) in [6.45, 7) is 16.0. The summed E-state index contributed by atoms with van der Waals surface area (Å²) in [5.74, 6) is 1.87. The molecule has 1 aromatic rings. The van der Waals surface area contributed by atoms with Crippen LogP contribution in [0, 0.1) is 0 Å². The van der Waals surface area contributed by atoms with E-state index in [9.17, 15) is 0 Å². The molecule has 0 aliphatic carbocycles. The normalized spacial score (nSPS) is 19.4. The zero-order valence-corrected chi connectivity index (χ0v) is 22.5. The molecule has 0 aromatic heterocycles. The topological polar surface area (TPSA) is 55.4 Å². The van der Waals surface area contributed by atoms with Crippen LogP contribution in [0.5, 0.6) is 5.75 Å². The smallest absolute Gasteiger partial charge is 0.191 e. The van der Waals surface area contributed by atoms with Crippen molar-refractivity contribution in [3.63, 3.8) is 0 Å². The fourth-order valence-corrected chi connectivity index (χ4v) is 4.59. The second-order valence-corrected chi connectivity index (χ2v) is 8.42. The highest BCUT2D eigenvalue weighted by Crippen LogP contribution is 2.31. The number of piperazine rings is 1. The number of para-hydroxylation sites is 1. The highest BCUT2D eigenvalue weighted by Gasteiger charge is 2.25. The van der Waals surface area contributed by atoms with Crippen LogP contribution >= 0.6 is 24.0 Å². The first-order valence-electron chi connectivity index (χ1n) is 12.1. The van der Waals surface area contributed by atoms with Gasteiger partial charge in [0.25, 0.3) is 0 Å². The third kappa shape index (κ3) is 8.04. The maximum absolute atomic E-state index is 5.67. The van der Waals surface area contributed by atoms with Gasteiger partial charge in [-0.05, 0) is 45.5 Å². The van der Waals surface area contributed by atoms with Crippen LogP contribution < -0.4 is 15.4 Å². The summed E-state index contributed by atoms with van der Waals surface area (Å²) in [7, 11) is 1.76. The van der Waals surface area contributed by atoms with Crippen molar-refractivity contribution >= 4 is 29.9 Å². The lowest BCUT2D eigenvalue weighted by Crippen LogP contribution is -2.49. The molecule has 0 spiro atoms. The molecule has 0 amide bonds. The van der Waals surface area contributed by atoms with Gasteiger partial charge in [0.15, 0.2) is 5.96 Å². The van der Waals surface area contributed by atoms with E-state index < -0.39 is 0 Å². The standard InChI is InChI=1S/C24H42N6O.HI/c1-4-25-24(26-12-15-29-18-16-28(5-2)17-19-29)27-20-22(30-13-8-9-14-30)21-10-6-7-11-23(21)31-3;/h6-7,10-11,22H,4-5,8-9,12-20H2,1-3H3,(H2,25,26,27);1H. The van der Waals surface area contributed by atoms with Crippen molar-refractivity contribution in [3.05, 3.63) is 29.8 Å². The first-order valence-corrected chi connectivity index (χ1v) is 12.1. The van der Waals surface area contributed by atoms with Gasteiger partial charge in [-0.2, -0.15) is 0 Å². The van der Waals surface area contributed by atoms with Crippen LogP contribution in [0.1, 0.15) is 38.3 Å². The summed E-state index contributed by atoms with van der Waals surface area (Å²) >= 11 is 0. The van der Waals surface area contributed by atoms with E-state index in [0.717, 1.165) is 70.6 Å². The van der Waals surface area contributed by atoms with E-state index in [-0.39, 0.29) is 30.0 Å². The number of nitrogens with one attached hydrogen (secondary N) is 2. The highest BCUT2D eigenvalue weighted by molar-refractivity contribution is 14.0. The number of likely N-dealkylation sites (tertiary alicyclic amines) is 1. The Morgan fingerprint density at radius 1 is 1.00 bits per heavy atom. The van der Waals surface area contributed by atoms with Crippen molar-refractivity contribution in [1.82, 2.24) is 25.3 Å². The van der Waals surface area contributed by atoms with E-state index in [1.165, 1.54) is 31.5 Å². The lowest BCUT2D eigenvalue weighted by molar-refractivity contribution is 0.139. The van der Waals surface area contributed by atoms with Gasteiger partial charge in [0.1, 0.15) is 5.75 Å². The van der Waals surface area contributed by atoms with Gasteiger partial charge in [-0.15, -0.1) is 24.0 Å². The van der Waals surface area contributed by atoms with Gasteiger partial charge in [0.2, 0.25) is 0 Å². The number of hydrogen-bond donors (Lipinski definition) is 2. The molecule has 2 saturated heterocycles. The third-order valence-corrected chi connectivity index (χ3v) is 6.48. The second kappa shape index (κ2) is 14.9. The van der Waals surface area contributed by atoms with Crippen LogP contribution in [0.3, 0.4) is 0 Å². The molecule has 182 valence electrons. The Balaban J connectivity index is 0.00000363. The number of guanidine groups is 1. The number of rotatable bonds is 10. The van der Waals surface area contributed by atoms with Crippen molar-refractivity contribution in [1.29, 1.82) is 0 Å². The first kappa shape index (κ1) is 27.1. The fourth-order valence-electron chi connectivity index (χ4n) is 4.59. The minimum absolute atomic E-state index is 0. The number of methoxy groups -OCH3 is 1. The molecule has 0 bridgehead atoms. The van der Waals surface area contributed by atoms with Crippen molar-refractivity contribution in [2.45, 2.75) is 32.7 Å². The number of hydrogen-bond acceptors (Lipinski definition) is 5. The van der Waals surface area contributed by atoms with E-state index in [1.54, 1.807) is 7.11 Å². The minimum atomic E-state index is 0. The molecule has 7 nitrogen and oxygen atoms in total. The molecule has 1 unspecified atom stereocenters. The molecule has 2 fully saturated rings. The van der Waals surface area contributed by atoms with Crippen molar-refractivity contribution in [3.8, 4) is 5.75 Å². The molecule has 2 aliphatic rings. The SMILES string of the molecule is CCNC(=NCC(c1ccccc1OC)N1CCCC1)NCCN1CCN(CC)CC1.I. The number of likely N-dealkylation sites (N-methyl/N-ethyl adjacent to an activating group) is 1. The van der Waals surface area contributed by atoms with Gasteiger partial charge in [-0.1, -0.05) is 25.1 Å². The van der Waals surface area contributed by atoms with Crippen LogP contribution in [-0.4, -0.2) is 99.8 Å². The molecule has 3 rings (SSSR count).